The molecule has 1 heterocycles. The van der Waals surface area contributed by atoms with Gasteiger partial charge in [-0.15, -0.1) is 0 Å². The van der Waals surface area contributed by atoms with Crippen molar-refractivity contribution < 1.29 is 4.79 Å². The Hall–Kier alpha value is -2.07. The van der Waals surface area contributed by atoms with E-state index in [-0.39, 0.29) is 11.9 Å². The van der Waals surface area contributed by atoms with Crippen LogP contribution in [0, 0.1) is 0 Å². The highest BCUT2D eigenvalue weighted by molar-refractivity contribution is 6.31. The van der Waals surface area contributed by atoms with Gasteiger partial charge in [-0.25, -0.2) is 4.98 Å². The first-order valence-corrected chi connectivity index (χ1v) is 6.70. The minimum Gasteiger partial charge on any atom is -0.397 e. The fourth-order valence-corrected chi connectivity index (χ4v) is 2.10. The van der Waals surface area contributed by atoms with Crippen molar-refractivity contribution in [2.45, 2.75) is 19.4 Å². The molecule has 1 unspecified atom stereocenters. The van der Waals surface area contributed by atoms with Crippen LogP contribution in [0.2, 0.25) is 5.02 Å². The van der Waals surface area contributed by atoms with E-state index in [9.17, 15) is 4.79 Å². The maximum absolute atomic E-state index is 12.0. The summed E-state index contributed by atoms with van der Waals surface area (Å²) < 4.78 is 0. The molecule has 0 aliphatic rings. The minimum atomic E-state index is -0.218. The number of anilines is 1. The van der Waals surface area contributed by atoms with E-state index < -0.39 is 0 Å². The fraction of sp³-hybridized carbons (Fsp3) is 0.200. The van der Waals surface area contributed by atoms with Gasteiger partial charge in [0.15, 0.2) is 0 Å². The molecule has 104 valence electrons. The maximum atomic E-state index is 12.0. The number of nitrogens with zero attached hydrogens (tertiary/aromatic N) is 1. The van der Waals surface area contributed by atoms with Crippen LogP contribution in [0.1, 0.15) is 23.0 Å². The molecule has 0 saturated heterocycles. The summed E-state index contributed by atoms with van der Waals surface area (Å²) in [6.07, 6.45) is 2.13. The highest BCUT2D eigenvalue weighted by Gasteiger charge is 2.12. The molecular weight excluding hydrogens is 274 g/mol. The van der Waals surface area contributed by atoms with Gasteiger partial charge >= 0.3 is 0 Å². The average molecular weight is 290 g/mol. The topological polar surface area (TPSA) is 68.0 Å². The Labute approximate surface area is 123 Å². The molecule has 3 N–H and O–H groups in total. The van der Waals surface area contributed by atoms with Crippen LogP contribution in [0.25, 0.3) is 0 Å². The highest BCUT2D eigenvalue weighted by atomic mass is 35.5. The summed E-state index contributed by atoms with van der Waals surface area (Å²) in [6, 6.07) is 10.8. The summed E-state index contributed by atoms with van der Waals surface area (Å²) in [5, 5.41) is 3.60. The van der Waals surface area contributed by atoms with Crippen LogP contribution in [0.15, 0.2) is 42.6 Å². The van der Waals surface area contributed by atoms with Gasteiger partial charge in [-0.05, 0) is 37.1 Å². The first kappa shape index (κ1) is 14.3. The number of nitrogens with two attached hydrogens (primary N) is 1. The van der Waals surface area contributed by atoms with Crippen LogP contribution in [0.3, 0.4) is 0 Å². The van der Waals surface area contributed by atoms with Gasteiger partial charge in [-0.3, -0.25) is 4.79 Å². The van der Waals surface area contributed by atoms with E-state index in [1.807, 2.05) is 31.2 Å². The monoisotopic (exact) mass is 289 g/mol. The lowest BCUT2D eigenvalue weighted by Crippen LogP contribution is -2.34. The maximum Gasteiger partial charge on any atom is 0.270 e. The third kappa shape index (κ3) is 3.71. The number of benzene rings is 1. The predicted octanol–water partition coefficient (Wildman–Crippen LogP) is 2.68. The minimum absolute atomic E-state index is 0.0400. The lowest BCUT2D eigenvalue weighted by atomic mass is 10.1. The van der Waals surface area contributed by atoms with Gasteiger partial charge < -0.3 is 11.1 Å². The number of aromatic nitrogens is 1. The Balaban J connectivity index is 1.98. The largest absolute Gasteiger partial charge is 0.397 e. The second kappa shape index (κ2) is 6.39. The van der Waals surface area contributed by atoms with Crippen LogP contribution < -0.4 is 11.1 Å². The first-order valence-electron chi connectivity index (χ1n) is 6.32. The molecule has 0 bridgehead atoms. The third-order valence-electron chi connectivity index (χ3n) is 2.88. The molecule has 1 atom stereocenters. The lowest BCUT2D eigenvalue weighted by Gasteiger charge is -2.14. The van der Waals surface area contributed by atoms with E-state index in [1.54, 1.807) is 12.1 Å². The van der Waals surface area contributed by atoms with Gasteiger partial charge in [0, 0.05) is 11.1 Å². The Morgan fingerprint density at radius 2 is 2.10 bits per heavy atom. The number of carbonyl (C=O) groups excluding carboxylic acids is 1. The van der Waals surface area contributed by atoms with Gasteiger partial charge in [0.25, 0.3) is 5.91 Å². The number of carbonyl (C=O) groups is 1. The molecule has 0 spiro atoms. The molecule has 0 fully saturated rings. The van der Waals surface area contributed by atoms with Crippen molar-refractivity contribution in [1.82, 2.24) is 10.3 Å². The molecule has 0 aliphatic carbocycles. The van der Waals surface area contributed by atoms with E-state index >= 15 is 0 Å². The first-order chi connectivity index (χ1) is 9.56. The molecule has 2 rings (SSSR count). The van der Waals surface area contributed by atoms with Crippen molar-refractivity contribution in [3.05, 3.63) is 58.9 Å². The van der Waals surface area contributed by atoms with Gasteiger partial charge in [0.1, 0.15) is 5.69 Å². The Morgan fingerprint density at radius 1 is 1.35 bits per heavy atom. The zero-order valence-corrected chi connectivity index (χ0v) is 11.9. The van der Waals surface area contributed by atoms with Crippen molar-refractivity contribution in [3.8, 4) is 0 Å². The number of nitrogen functional groups attached to an aromatic ring is 1. The highest BCUT2D eigenvalue weighted by Crippen LogP contribution is 2.16. The van der Waals surface area contributed by atoms with Crippen LogP contribution in [-0.4, -0.2) is 16.9 Å². The summed E-state index contributed by atoms with van der Waals surface area (Å²) in [6.45, 7) is 1.93. The van der Waals surface area contributed by atoms with Crippen LogP contribution in [0.4, 0.5) is 5.69 Å². The average Bonchev–Trinajstić information content (AvgIpc) is 2.42. The van der Waals surface area contributed by atoms with Crippen LogP contribution in [0.5, 0.6) is 0 Å². The standard InChI is InChI=1S/C15H16ClN3O/c1-10(8-11-4-2-3-5-13(11)16)19-15(20)14-7-6-12(17)9-18-14/h2-7,9-10H,8,17H2,1H3,(H,19,20). The van der Waals surface area contributed by atoms with E-state index in [1.165, 1.54) is 6.20 Å². The van der Waals surface area contributed by atoms with E-state index in [4.69, 9.17) is 17.3 Å². The molecule has 0 aliphatic heterocycles. The number of rotatable bonds is 4. The zero-order chi connectivity index (χ0) is 14.5. The zero-order valence-electron chi connectivity index (χ0n) is 11.1. The van der Waals surface area contributed by atoms with Crippen LogP contribution in [-0.2, 0) is 6.42 Å². The number of hydrogen-bond donors (Lipinski definition) is 2. The third-order valence-corrected chi connectivity index (χ3v) is 3.25. The summed E-state index contributed by atoms with van der Waals surface area (Å²) in [4.78, 5) is 16.0. The number of pyridine rings is 1. The molecule has 20 heavy (non-hydrogen) atoms. The van der Waals surface area contributed by atoms with Gasteiger partial charge in [0.2, 0.25) is 0 Å². The molecule has 1 aromatic heterocycles. The summed E-state index contributed by atoms with van der Waals surface area (Å²) in [5.74, 6) is -0.218. The molecule has 0 radical (unpaired) electrons. The summed E-state index contributed by atoms with van der Waals surface area (Å²) in [5.41, 5.74) is 7.43. The molecule has 1 aromatic carbocycles. The lowest BCUT2D eigenvalue weighted by molar-refractivity contribution is 0.0935. The summed E-state index contributed by atoms with van der Waals surface area (Å²) >= 11 is 6.10. The fourth-order valence-electron chi connectivity index (χ4n) is 1.88. The van der Waals surface area contributed by atoms with E-state index in [0.717, 1.165) is 5.56 Å². The quantitative estimate of drug-likeness (QED) is 0.909. The van der Waals surface area contributed by atoms with Crippen molar-refractivity contribution in [3.63, 3.8) is 0 Å². The van der Waals surface area contributed by atoms with Crippen molar-refractivity contribution >= 4 is 23.2 Å². The summed E-state index contributed by atoms with van der Waals surface area (Å²) in [7, 11) is 0. The second-order valence-corrected chi connectivity index (χ2v) is 5.05. The van der Waals surface area contributed by atoms with Crippen LogP contribution >= 0.6 is 11.6 Å². The molecule has 4 nitrogen and oxygen atoms in total. The second-order valence-electron chi connectivity index (χ2n) is 4.65. The van der Waals surface area contributed by atoms with Gasteiger partial charge in [0.05, 0.1) is 11.9 Å². The normalized spacial score (nSPS) is 11.9. The van der Waals surface area contributed by atoms with Crippen molar-refractivity contribution in [2.24, 2.45) is 0 Å². The molecule has 2 aromatic rings. The molecule has 0 saturated carbocycles. The van der Waals surface area contributed by atoms with E-state index in [2.05, 4.69) is 10.3 Å². The smallest absolute Gasteiger partial charge is 0.270 e. The SMILES string of the molecule is CC(Cc1ccccc1Cl)NC(=O)c1ccc(N)cn1. The molecule has 5 heteroatoms. The van der Waals surface area contributed by atoms with Gasteiger partial charge in [-0.2, -0.15) is 0 Å². The van der Waals surface area contributed by atoms with Gasteiger partial charge in [-0.1, -0.05) is 29.8 Å². The molecular formula is C15H16ClN3O. The number of amides is 1. The van der Waals surface area contributed by atoms with Crippen molar-refractivity contribution in [1.29, 1.82) is 0 Å². The van der Waals surface area contributed by atoms with Crippen molar-refractivity contribution in [2.75, 3.05) is 5.73 Å². The number of hydrogen-bond acceptors (Lipinski definition) is 3. The Bertz CT molecular complexity index is 598. The van der Waals surface area contributed by atoms with E-state index in [0.29, 0.717) is 22.8 Å². The number of nitrogens with one attached hydrogen (secondary N) is 1. The Kier molecular flexibility index (Phi) is 4.58. The predicted molar refractivity (Wildman–Crippen MR) is 80.7 cm³/mol. The molecule has 1 amide bonds. The Morgan fingerprint density at radius 3 is 2.75 bits per heavy atom. The number of halogens is 1.